The third-order valence-corrected chi connectivity index (χ3v) is 7.40. The molecule has 1 atom stereocenters. The second-order valence-electron chi connectivity index (χ2n) is 9.75. The minimum atomic E-state index is -4.50. The van der Waals surface area contributed by atoms with Gasteiger partial charge in [0.1, 0.15) is 12.6 Å². The van der Waals surface area contributed by atoms with E-state index < -0.39 is 23.7 Å². The second-order valence-corrected chi connectivity index (χ2v) is 10.2. The van der Waals surface area contributed by atoms with E-state index >= 15 is 0 Å². The van der Waals surface area contributed by atoms with Crippen LogP contribution in [0.4, 0.5) is 18.9 Å². The van der Waals surface area contributed by atoms with E-state index in [9.17, 15) is 22.8 Å². The van der Waals surface area contributed by atoms with Gasteiger partial charge in [-0.2, -0.15) is 13.2 Å². The van der Waals surface area contributed by atoms with Gasteiger partial charge in [0.2, 0.25) is 5.91 Å². The first-order chi connectivity index (χ1) is 18.7. The molecule has 1 aromatic heterocycles. The number of aromatic nitrogens is 1. The van der Waals surface area contributed by atoms with E-state index in [1.807, 2.05) is 65.4 Å². The standard InChI is InChI=1S/C30H23ClF3N3O2/c31-22-6-3-5-20(17-22)28-26-9-4-16-35(26)24-7-1-2-8-25(24)37(28)27(38)18-36(23-14-15-23)29(39)19-10-12-21(13-11-19)30(32,33)34/h1-13,16-17,23,28H,14-15,18H2. The topological polar surface area (TPSA) is 45.6 Å². The lowest BCUT2D eigenvalue weighted by atomic mass is 9.97. The number of hydrogen-bond donors (Lipinski definition) is 0. The minimum absolute atomic E-state index is 0.113. The number of alkyl halides is 3. The molecule has 2 aliphatic rings. The first-order valence-corrected chi connectivity index (χ1v) is 12.9. The Morgan fingerprint density at radius 1 is 0.897 bits per heavy atom. The average Bonchev–Trinajstić information content (AvgIpc) is 3.65. The summed E-state index contributed by atoms with van der Waals surface area (Å²) in [6.45, 7) is -0.212. The number of carbonyl (C=O) groups excluding carboxylic acids is 2. The van der Waals surface area contributed by atoms with Crippen LogP contribution in [0.25, 0.3) is 5.69 Å². The Hall–Kier alpha value is -4.04. The highest BCUT2D eigenvalue weighted by Crippen LogP contribution is 2.43. The summed E-state index contributed by atoms with van der Waals surface area (Å²) in [4.78, 5) is 30.8. The molecule has 9 heteroatoms. The molecule has 1 saturated carbocycles. The van der Waals surface area contributed by atoms with Crippen LogP contribution in [0.5, 0.6) is 0 Å². The average molecular weight is 550 g/mol. The number of amides is 2. The number of halogens is 4. The molecule has 3 aromatic carbocycles. The van der Waals surface area contributed by atoms with Gasteiger partial charge in [0.25, 0.3) is 5.91 Å². The number of fused-ring (bicyclic) bond motifs is 3. The normalized spacial score (nSPS) is 16.4. The maximum atomic E-state index is 14.2. The summed E-state index contributed by atoms with van der Waals surface area (Å²) >= 11 is 6.34. The lowest BCUT2D eigenvalue weighted by Crippen LogP contribution is -2.47. The van der Waals surface area contributed by atoms with Crippen LogP contribution in [-0.4, -0.2) is 33.9 Å². The van der Waals surface area contributed by atoms with Gasteiger partial charge >= 0.3 is 6.18 Å². The quantitative estimate of drug-likeness (QED) is 0.272. The highest BCUT2D eigenvalue weighted by atomic mass is 35.5. The third kappa shape index (κ3) is 4.69. The molecule has 0 bridgehead atoms. The van der Waals surface area contributed by atoms with Crippen molar-refractivity contribution in [2.24, 2.45) is 0 Å². The predicted octanol–water partition coefficient (Wildman–Crippen LogP) is 6.89. The third-order valence-electron chi connectivity index (χ3n) is 7.17. The van der Waals surface area contributed by atoms with Crippen molar-refractivity contribution < 1.29 is 22.8 Å². The van der Waals surface area contributed by atoms with Crippen LogP contribution in [0.15, 0.2) is 91.1 Å². The summed E-state index contributed by atoms with van der Waals surface area (Å²) in [5.74, 6) is -0.764. The SMILES string of the molecule is O=C(c1ccc(C(F)(F)F)cc1)N(CC(=O)N1c2ccccc2-n2cccc2C1c1cccc(Cl)c1)C1CC1. The van der Waals surface area contributed by atoms with E-state index in [1.165, 1.54) is 17.0 Å². The number of rotatable bonds is 5. The highest BCUT2D eigenvalue weighted by molar-refractivity contribution is 6.30. The van der Waals surface area contributed by atoms with Crippen molar-refractivity contribution in [2.45, 2.75) is 31.1 Å². The van der Waals surface area contributed by atoms with Gasteiger partial charge in [-0.05, 0) is 79.1 Å². The van der Waals surface area contributed by atoms with Crippen LogP contribution in [0.2, 0.25) is 5.02 Å². The largest absolute Gasteiger partial charge is 0.416 e. The van der Waals surface area contributed by atoms with E-state index in [-0.39, 0.29) is 24.1 Å². The molecule has 4 aromatic rings. The van der Waals surface area contributed by atoms with Gasteiger partial charge in [0.05, 0.1) is 22.6 Å². The van der Waals surface area contributed by atoms with Crippen molar-refractivity contribution in [3.8, 4) is 5.69 Å². The Morgan fingerprint density at radius 2 is 1.62 bits per heavy atom. The molecule has 0 N–H and O–H groups in total. The second kappa shape index (κ2) is 9.61. The molecule has 1 unspecified atom stereocenters. The molecule has 0 radical (unpaired) electrons. The fraction of sp³-hybridized carbons (Fsp3) is 0.200. The fourth-order valence-corrected chi connectivity index (χ4v) is 5.40. The summed E-state index contributed by atoms with van der Waals surface area (Å²) in [6.07, 6.45) is -1.09. The molecular weight excluding hydrogens is 527 g/mol. The van der Waals surface area contributed by atoms with Crippen molar-refractivity contribution in [1.82, 2.24) is 9.47 Å². The van der Waals surface area contributed by atoms with Gasteiger partial charge in [-0.1, -0.05) is 35.9 Å². The smallest absolute Gasteiger partial charge is 0.326 e. The molecule has 198 valence electrons. The van der Waals surface area contributed by atoms with Crippen LogP contribution in [0, 0.1) is 0 Å². The Labute approximate surface area is 228 Å². The van der Waals surface area contributed by atoms with Crippen LogP contribution >= 0.6 is 11.6 Å². The van der Waals surface area contributed by atoms with Crippen molar-refractivity contribution in [3.05, 3.63) is 119 Å². The molecule has 6 rings (SSSR count). The Kier molecular flexibility index (Phi) is 6.22. The highest BCUT2D eigenvalue weighted by Gasteiger charge is 2.40. The van der Waals surface area contributed by atoms with Crippen LogP contribution in [0.1, 0.15) is 46.1 Å². The van der Waals surface area contributed by atoms with E-state index in [2.05, 4.69) is 0 Å². The van der Waals surface area contributed by atoms with Gasteiger partial charge in [0, 0.05) is 22.8 Å². The molecule has 1 aliphatic heterocycles. The minimum Gasteiger partial charge on any atom is -0.326 e. The predicted molar refractivity (Wildman–Crippen MR) is 142 cm³/mol. The Balaban J connectivity index is 1.37. The van der Waals surface area contributed by atoms with Crippen molar-refractivity contribution in [3.63, 3.8) is 0 Å². The number of anilines is 1. The fourth-order valence-electron chi connectivity index (χ4n) is 5.20. The summed E-state index contributed by atoms with van der Waals surface area (Å²) in [5, 5.41) is 0.536. The molecule has 2 heterocycles. The van der Waals surface area contributed by atoms with Gasteiger partial charge in [-0.25, -0.2) is 0 Å². The first-order valence-electron chi connectivity index (χ1n) is 12.5. The number of hydrogen-bond acceptors (Lipinski definition) is 2. The lowest BCUT2D eigenvalue weighted by molar-refractivity contribution is -0.137. The number of nitrogens with zero attached hydrogens (tertiary/aromatic N) is 3. The monoisotopic (exact) mass is 549 g/mol. The van der Waals surface area contributed by atoms with E-state index in [1.54, 1.807) is 11.0 Å². The maximum Gasteiger partial charge on any atom is 0.416 e. The molecule has 0 saturated heterocycles. The number of para-hydroxylation sites is 2. The lowest BCUT2D eigenvalue weighted by Gasteiger charge is -2.39. The zero-order valence-corrected chi connectivity index (χ0v) is 21.4. The maximum absolute atomic E-state index is 14.2. The van der Waals surface area contributed by atoms with Crippen LogP contribution in [0.3, 0.4) is 0 Å². The number of benzene rings is 3. The summed E-state index contributed by atoms with van der Waals surface area (Å²) in [5.41, 5.74) is 2.49. The first kappa shape index (κ1) is 25.2. The Bertz CT molecular complexity index is 1560. The Morgan fingerprint density at radius 3 is 2.28 bits per heavy atom. The van der Waals surface area contributed by atoms with Gasteiger partial charge < -0.3 is 9.47 Å². The van der Waals surface area contributed by atoms with Crippen molar-refractivity contribution in [2.75, 3.05) is 11.4 Å². The molecule has 1 fully saturated rings. The van der Waals surface area contributed by atoms with Crippen LogP contribution < -0.4 is 4.90 Å². The van der Waals surface area contributed by atoms with E-state index in [4.69, 9.17) is 11.6 Å². The van der Waals surface area contributed by atoms with Crippen LogP contribution in [-0.2, 0) is 11.0 Å². The zero-order chi connectivity index (χ0) is 27.3. The van der Waals surface area contributed by atoms with E-state index in [0.717, 1.165) is 41.9 Å². The molecule has 2 amide bonds. The molecule has 1 aliphatic carbocycles. The molecule has 5 nitrogen and oxygen atoms in total. The van der Waals surface area contributed by atoms with Gasteiger partial charge in [-0.3, -0.25) is 14.5 Å². The van der Waals surface area contributed by atoms with Crippen molar-refractivity contribution >= 4 is 29.1 Å². The number of carbonyl (C=O) groups is 2. The van der Waals surface area contributed by atoms with Crippen molar-refractivity contribution in [1.29, 1.82) is 0 Å². The van der Waals surface area contributed by atoms with Gasteiger partial charge in [0.15, 0.2) is 0 Å². The molecule has 39 heavy (non-hydrogen) atoms. The molecular formula is C30H23ClF3N3O2. The summed E-state index contributed by atoms with van der Waals surface area (Å²) in [7, 11) is 0. The van der Waals surface area contributed by atoms with Gasteiger partial charge in [-0.15, -0.1) is 0 Å². The van der Waals surface area contributed by atoms with E-state index in [0.29, 0.717) is 10.7 Å². The summed E-state index contributed by atoms with van der Waals surface area (Å²) < 4.78 is 41.2. The molecule has 0 spiro atoms. The summed E-state index contributed by atoms with van der Waals surface area (Å²) in [6, 6.07) is 22.2. The zero-order valence-electron chi connectivity index (χ0n) is 20.6.